The second-order valence-corrected chi connectivity index (χ2v) is 3.01. The molecule has 0 spiro atoms. The summed E-state index contributed by atoms with van der Waals surface area (Å²) in [5.74, 6) is 0. The van der Waals surface area contributed by atoms with Gasteiger partial charge in [-0.05, 0) is 27.4 Å². The van der Waals surface area contributed by atoms with Crippen LogP contribution in [0.1, 0.15) is 13.3 Å². The molecule has 0 aromatic heterocycles. The first kappa shape index (κ1) is 10.9. The van der Waals surface area contributed by atoms with E-state index in [1.54, 1.807) is 0 Å². The van der Waals surface area contributed by atoms with E-state index in [4.69, 9.17) is 10.5 Å². The lowest BCUT2D eigenvalue weighted by atomic mass is 10.2. The van der Waals surface area contributed by atoms with Crippen molar-refractivity contribution < 1.29 is 4.74 Å². The van der Waals surface area contributed by atoms with E-state index in [9.17, 15) is 0 Å². The Hall–Kier alpha value is -0.120. The molecular formula is C8H20N2O. The summed E-state index contributed by atoms with van der Waals surface area (Å²) in [5.41, 5.74) is 5.79. The number of hydrogen-bond acceptors (Lipinski definition) is 3. The lowest BCUT2D eigenvalue weighted by Crippen LogP contribution is -2.34. The second-order valence-electron chi connectivity index (χ2n) is 3.01. The van der Waals surface area contributed by atoms with Crippen molar-refractivity contribution in [1.29, 1.82) is 0 Å². The fraction of sp³-hybridized carbons (Fsp3) is 1.00. The van der Waals surface area contributed by atoms with Gasteiger partial charge in [-0.15, -0.1) is 0 Å². The number of likely N-dealkylation sites (N-methyl/N-ethyl adjacent to an activating group) is 1. The van der Waals surface area contributed by atoms with Gasteiger partial charge < -0.3 is 15.4 Å². The maximum atomic E-state index is 5.79. The molecule has 0 fully saturated rings. The standard InChI is InChI=1S/C8H20N2O/c1-4-11-6-5-8(9)7-10(2)3/h8H,4-7,9H2,1-3H3. The summed E-state index contributed by atoms with van der Waals surface area (Å²) in [7, 11) is 4.06. The van der Waals surface area contributed by atoms with Crippen LogP contribution in [0.25, 0.3) is 0 Å². The lowest BCUT2D eigenvalue weighted by Gasteiger charge is -2.16. The van der Waals surface area contributed by atoms with Crippen LogP contribution in [0.5, 0.6) is 0 Å². The molecule has 0 radical (unpaired) electrons. The lowest BCUT2D eigenvalue weighted by molar-refractivity contribution is 0.137. The summed E-state index contributed by atoms with van der Waals surface area (Å²) in [5, 5.41) is 0. The van der Waals surface area contributed by atoms with Gasteiger partial charge in [0, 0.05) is 25.8 Å². The molecule has 1 unspecified atom stereocenters. The molecule has 0 aromatic rings. The van der Waals surface area contributed by atoms with E-state index in [1.807, 2.05) is 21.0 Å². The Morgan fingerprint density at radius 3 is 2.55 bits per heavy atom. The van der Waals surface area contributed by atoms with E-state index < -0.39 is 0 Å². The van der Waals surface area contributed by atoms with Crippen LogP contribution >= 0.6 is 0 Å². The number of nitrogens with zero attached hydrogens (tertiary/aromatic N) is 1. The minimum Gasteiger partial charge on any atom is -0.382 e. The molecule has 3 nitrogen and oxygen atoms in total. The van der Waals surface area contributed by atoms with Crippen molar-refractivity contribution in [2.24, 2.45) is 5.73 Å². The predicted octanol–water partition coefficient (Wildman–Crippen LogP) is 0.302. The van der Waals surface area contributed by atoms with Gasteiger partial charge in [-0.3, -0.25) is 0 Å². The number of ether oxygens (including phenoxy) is 1. The monoisotopic (exact) mass is 160 g/mol. The molecule has 0 saturated heterocycles. The van der Waals surface area contributed by atoms with Gasteiger partial charge in [-0.25, -0.2) is 0 Å². The van der Waals surface area contributed by atoms with Crippen molar-refractivity contribution in [3.63, 3.8) is 0 Å². The smallest absolute Gasteiger partial charge is 0.0481 e. The Labute approximate surface area is 69.5 Å². The van der Waals surface area contributed by atoms with Crippen LogP contribution in [0.3, 0.4) is 0 Å². The predicted molar refractivity (Wildman–Crippen MR) is 47.6 cm³/mol. The molecule has 0 aliphatic carbocycles. The van der Waals surface area contributed by atoms with E-state index in [2.05, 4.69) is 4.90 Å². The van der Waals surface area contributed by atoms with Crippen molar-refractivity contribution in [3.05, 3.63) is 0 Å². The molecule has 0 bridgehead atoms. The van der Waals surface area contributed by atoms with Crippen LogP contribution in [-0.4, -0.2) is 44.8 Å². The van der Waals surface area contributed by atoms with Crippen LogP contribution in [0.2, 0.25) is 0 Å². The van der Waals surface area contributed by atoms with Gasteiger partial charge in [0.1, 0.15) is 0 Å². The van der Waals surface area contributed by atoms with Crippen molar-refractivity contribution in [3.8, 4) is 0 Å². The minimum atomic E-state index is 0.247. The van der Waals surface area contributed by atoms with Crippen LogP contribution < -0.4 is 5.73 Å². The largest absolute Gasteiger partial charge is 0.382 e. The Kier molecular flexibility index (Phi) is 6.51. The van der Waals surface area contributed by atoms with Gasteiger partial charge in [-0.2, -0.15) is 0 Å². The van der Waals surface area contributed by atoms with Crippen LogP contribution in [0.15, 0.2) is 0 Å². The maximum absolute atomic E-state index is 5.79. The third-order valence-electron chi connectivity index (χ3n) is 1.44. The first-order chi connectivity index (χ1) is 5.16. The SMILES string of the molecule is CCOCCC(N)CN(C)C. The highest BCUT2D eigenvalue weighted by Gasteiger charge is 2.02. The highest BCUT2D eigenvalue weighted by atomic mass is 16.5. The third-order valence-corrected chi connectivity index (χ3v) is 1.44. The zero-order valence-corrected chi connectivity index (χ0v) is 7.84. The summed E-state index contributed by atoms with van der Waals surface area (Å²) >= 11 is 0. The molecule has 68 valence electrons. The molecule has 0 saturated carbocycles. The highest BCUT2D eigenvalue weighted by Crippen LogP contribution is 1.90. The minimum absolute atomic E-state index is 0.247. The second kappa shape index (κ2) is 6.58. The first-order valence-corrected chi connectivity index (χ1v) is 4.14. The molecular weight excluding hydrogens is 140 g/mol. The van der Waals surface area contributed by atoms with E-state index in [-0.39, 0.29) is 6.04 Å². The summed E-state index contributed by atoms with van der Waals surface area (Å²) in [6, 6.07) is 0.247. The molecule has 3 heteroatoms. The molecule has 1 atom stereocenters. The van der Waals surface area contributed by atoms with Gasteiger partial charge in [0.25, 0.3) is 0 Å². The van der Waals surface area contributed by atoms with Crippen molar-refractivity contribution in [2.75, 3.05) is 33.9 Å². The fourth-order valence-corrected chi connectivity index (χ4v) is 0.939. The van der Waals surface area contributed by atoms with Crippen molar-refractivity contribution in [1.82, 2.24) is 4.90 Å². The third kappa shape index (κ3) is 7.78. The van der Waals surface area contributed by atoms with Crippen molar-refractivity contribution >= 4 is 0 Å². The van der Waals surface area contributed by atoms with E-state index in [0.717, 1.165) is 26.2 Å². The summed E-state index contributed by atoms with van der Waals surface area (Å²) in [6.07, 6.45) is 0.950. The summed E-state index contributed by atoms with van der Waals surface area (Å²) in [4.78, 5) is 2.09. The molecule has 0 rings (SSSR count). The Morgan fingerprint density at radius 1 is 1.45 bits per heavy atom. The van der Waals surface area contributed by atoms with Crippen molar-refractivity contribution in [2.45, 2.75) is 19.4 Å². The van der Waals surface area contributed by atoms with E-state index in [0.29, 0.717) is 0 Å². The first-order valence-electron chi connectivity index (χ1n) is 4.14. The summed E-state index contributed by atoms with van der Waals surface area (Å²) < 4.78 is 5.19. The quantitative estimate of drug-likeness (QED) is 0.568. The van der Waals surface area contributed by atoms with Gasteiger partial charge in [-0.1, -0.05) is 0 Å². The Bertz CT molecular complexity index is 86.2. The van der Waals surface area contributed by atoms with E-state index >= 15 is 0 Å². The maximum Gasteiger partial charge on any atom is 0.0481 e. The van der Waals surface area contributed by atoms with Gasteiger partial charge in [0.05, 0.1) is 0 Å². The molecule has 0 amide bonds. The van der Waals surface area contributed by atoms with Gasteiger partial charge in [0.2, 0.25) is 0 Å². The van der Waals surface area contributed by atoms with Crippen LogP contribution in [0.4, 0.5) is 0 Å². The fourth-order valence-electron chi connectivity index (χ4n) is 0.939. The van der Waals surface area contributed by atoms with Crippen LogP contribution in [0, 0.1) is 0 Å². The molecule has 0 aliphatic rings. The molecule has 0 aromatic carbocycles. The number of rotatable bonds is 6. The normalized spacial score (nSPS) is 13.9. The average Bonchev–Trinajstić information content (AvgIpc) is 1.86. The van der Waals surface area contributed by atoms with Gasteiger partial charge >= 0.3 is 0 Å². The highest BCUT2D eigenvalue weighted by molar-refractivity contribution is 4.63. The molecule has 11 heavy (non-hydrogen) atoms. The molecule has 0 aliphatic heterocycles. The van der Waals surface area contributed by atoms with Gasteiger partial charge in [0.15, 0.2) is 0 Å². The Morgan fingerprint density at radius 2 is 2.09 bits per heavy atom. The van der Waals surface area contributed by atoms with Crippen LogP contribution in [-0.2, 0) is 4.74 Å². The topological polar surface area (TPSA) is 38.5 Å². The molecule has 0 heterocycles. The zero-order valence-electron chi connectivity index (χ0n) is 7.84. The number of nitrogens with two attached hydrogens (primary N) is 1. The molecule has 2 N–H and O–H groups in total. The summed E-state index contributed by atoms with van der Waals surface area (Å²) in [6.45, 7) is 4.50. The van der Waals surface area contributed by atoms with E-state index in [1.165, 1.54) is 0 Å². The Balaban J connectivity index is 3.15. The average molecular weight is 160 g/mol. The number of hydrogen-bond donors (Lipinski definition) is 1. The zero-order chi connectivity index (χ0) is 8.69.